The van der Waals surface area contributed by atoms with Gasteiger partial charge in [0, 0.05) is 28.7 Å². The Labute approximate surface area is 230 Å². The highest BCUT2D eigenvalue weighted by Gasteiger charge is 2.62. The summed E-state index contributed by atoms with van der Waals surface area (Å²) in [5.41, 5.74) is 1.16. The number of anilines is 1. The molecule has 4 rings (SSSR count). The summed E-state index contributed by atoms with van der Waals surface area (Å²) in [7, 11) is 3.17. The number of carbonyl (C=O) groups is 3. The molecule has 12 heteroatoms. The summed E-state index contributed by atoms with van der Waals surface area (Å²) in [6.07, 6.45) is -0.0876. The Bertz CT molecular complexity index is 1410. The molecule has 1 saturated carbocycles. The first-order valence-corrected chi connectivity index (χ1v) is 12.8. The Hall–Kier alpha value is -3.74. The van der Waals surface area contributed by atoms with Crippen molar-refractivity contribution in [2.75, 3.05) is 26.0 Å². The van der Waals surface area contributed by atoms with E-state index in [0.29, 0.717) is 0 Å². The summed E-state index contributed by atoms with van der Waals surface area (Å²) >= 11 is 0. The molecule has 0 aliphatic heterocycles. The van der Waals surface area contributed by atoms with Gasteiger partial charge in [-0.3, -0.25) is 19.3 Å². The molecule has 1 unspecified atom stereocenters. The van der Waals surface area contributed by atoms with E-state index in [0.717, 1.165) is 6.07 Å². The Morgan fingerprint density at radius 3 is 2.42 bits per heavy atom. The van der Waals surface area contributed by atoms with Crippen LogP contribution < -0.4 is 16.4 Å². The van der Waals surface area contributed by atoms with Gasteiger partial charge in [-0.2, -0.15) is 0 Å². The van der Waals surface area contributed by atoms with E-state index in [2.05, 4.69) is 17.2 Å². The fraction of sp³-hybridized carbons (Fsp3) is 0.464. The highest BCUT2D eigenvalue weighted by molar-refractivity contribution is 6.14. The molecule has 0 bridgehead atoms. The highest BCUT2D eigenvalue weighted by atomic mass is 19.1. The molecule has 3 aliphatic rings. The molecule has 0 saturated heterocycles. The third-order valence-electron chi connectivity index (χ3n) is 7.90. The first kappa shape index (κ1) is 29.2. The van der Waals surface area contributed by atoms with Crippen LogP contribution in [0.15, 0.2) is 35.1 Å². The number of ketones is 1. The van der Waals surface area contributed by atoms with E-state index < -0.39 is 75.3 Å². The van der Waals surface area contributed by atoms with E-state index in [9.17, 15) is 34.8 Å². The third kappa shape index (κ3) is 4.45. The predicted octanol–water partition coefficient (Wildman–Crippen LogP) is 1.42. The predicted molar refractivity (Wildman–Crippen MR) is 145 cm³/mol. The Balaban J connectivity index is 1.85. The molecule has 8 N–H and O–H groups in total. The number of primary amides is 1. The number of aromatic hydroxyl groups is 1. The van der Waals surface area contributed by atoms with E-state index in [1.807, 2.05) is 20.8 Å². The summed E-state index contributed by atoms with van der Waals surface area (Å²) < 4.78 is 15.1. The molecule has 0 heterocycles. The SMILES string of the molecule is C=C1C(C(N)=O)=C(O)[C@@H](N(C)C)C2C[C@@H]3Cc4c(NC(=O)CNC(C)(C)C)c(F)cc(O)c4C(O)=C3C(=O)[C@]12O. The molecule has 1 aromatic carbocycles. The van der Waals surface area contributed by atoms with Gasteiger partial charge in [-0.25, -0.2) is 4.39 Å². The minimum Gasteiger partial charge on any atom is -0.510 e. The van der Waals surface area contributed by atoms with Crippen LogP contribution in [0.5, 0.6) is 5.75 Å². The van der Waals surface area contributed by atoms with Crippen molar-refractivity contribution in [1.82, 2.24) is 10.2 Å². The number of fused-ring (bicyclic) bond motifs is 3. The van der Waals surface area contributed by atoms with Crippen molar-refractivity contribution in [1.29, 1.82) is 0 Å². The van der Waals surface area contributed by atoms with Crippen LogP contribution in [0.3, 0.4) is 0 Å². The molecule has 3 aliphatic carbocycles. The lowest BCUT2D eigenvalue weighted by atomic mass is 9.56. The van der Waals surface area contributed by atoms with E-state index >= 15 is 4.39 Å². The number of likely N-dealkylation sites (N-methyl/N-ethyl adjacent to an activating group) is 1. The molecule has 2 amide bonds. The molecule has 216 valence electrons. The Morgan fingerprint density at radius 1 is 1.25 bits per heavy atom. The molecule has 1 fully saturated rings. The zero-order chi connectivity index (χ0) is 30.1. The maximum absolute atomic E-state index is 15.1. The monoisotopic (exact) mass is 558 g/mol. The van der Waals surface area contributed by atoms with Crippen molar-refractivity contribution in [2.24, 2.45) is 17.6 Å². The number of hydrogen-bond acceptors (Lipinski definition) is 9. The molecule has 0 aromatic heterocycles. The number of halogens is 1. The number of Topliss-reactive ketones (excluding diaryl/α,β-unsaturated/α-hetero) is 1. The standard InChI is InChI=1S/C28H35FN4O7/c1-11-18(26(30)39)24(37)22(33(5)6)14-8-12-7-13-20(23(36)19(12)25(38)28(11,14)40)16(34)9-15(29)21(13)32-17(35)10-31-27(2,3)4/h9,12,14,22,31,34,36-37,40H,1,7-8,10H2,2-6H3,(H2,30,39)(H,32,35)/t12-,14?,22-,28-/m0/s1. The van der Waals surface area contributed by atoms with Gasteiger partial charge in [0.25, 0.3) is 5.91 Å². The van der Waals surface area contributed by atoms with Crippen LogP contribution in [0.4, 0.5) is 10.1 Å². The summed E-state index contributed by atoms with van der Waals surface area (Å²) in [4.78, 5) is 40.4. The summed E-state index contributed by atoms with van der Waals surface area (Å²) in [5.74, 6) is -7.15. The van der Waals surface area contributed by atoms with Crippen LogP contribution in [0, 0.1) is 17.7 Å². The molecule has 1 aromatic rings. The maximum Gasteiger partial charge on any atom is 0.252 e. The molecular weight excluding hydrogens is 523 g/mol. The number of phenols is 1. The van der Waals surface area contributed by atoms with Crippen LogP contribution in [0.2, 0.25) is 0 Å². The minimum absolute atomic E-state index is 0.00468. The maximum atomic E-state index is 15.1. The van der Waals surface area contributed by atoms with Gasteiger partial charge in [-0.1, -0.05) is 6.58 Å². The van der Waals surface area contributed by atoms with Gasteiger partial charge in [0.2, 0.25) is 5.91 Å². The first-order valence-electron chi connectivity index (χ1n) is 12.8. The zero-order valence-electron chi connectivity index (χ0n) is 23.1. The number of nitrogens with zero attached hydrogens (tertiary/aromatic N) is 1. The smallest absolute Gasteiger partial charge is 0.252 e. The molecule has 0 radical (unpaired) electrons. The van der Waals surface area contributed by atoms with Crippen molar-refractivity contribution in [2.45, 2.75) is 50.8 Å². The highest BCUT2D eigenvalue weighted by Crippen LogP contribution is 2.55. The first-order chi connectivity index (χ1) is 18.4. The Morgan fingerprint density at radius 2 is 1.88 bits per heavy atom. The molecule has 0 spiro atoms. The Kier molecular flexibility index (Phi) is 7.11. The lowest BCUT2D eigenvalue weighted by Gasteiger charge is -2.52. The third-order valence-corrected chi connectivity index (χ3v) is 7.90. The van der Waals surface area contributed by atoms with E-state index in [4.69, 9.17) is 5.73 Å². The van der Waals surface area contributed by atoms with E-state index in [1.165, 1.54) is 4.90 Å². The number of phenolic OH excluding ortho intramolecular Hbond substituents is 1. The van der Waals surface area contributed by atoms with Crippen molar-refractivity contribution in [3.05, 3.63) is 52.1 Å². The number of benzene rings is 1. The van der Waals surface area contributed by atoms with Gasteiger partial charge >= 0.3 is 0 Å². The van der Waals surface area contributed by atoms with Crippen LogP contribution in [-0.2, 0) is 20.8 Å². The number of rotatable bonds is 5. The second-order valence-electron chi connectivity index (χ2n) is 11.9. The summed E-state index contributed by atoms with van der Waals surface area (Å²) in [6, 6.07) is -0.295. The van der Waals surface area contributed by atoms with Gasteiger partial charge in [0.1, 0.15) is 17.3 Å². The van der Waals surface area contributed by atoms with Gasteiger partial charge in [0.15, 0.2) is 17.2 Å². The largest absolute Gasteiger partial charge is 0.510 e. The lowest BCUT2D eigenvalue weighted by Crippen LogP contribution is -2.63. The quantitative estimate of drug-likeness (QED) is 0.263. The van der Waals surface area contributed by atoms with Crippen molar-refractivity contribution < 1.29 is 39.2 Å². The fourth-order valence-corrected chi connectivity index (χ4v) is 6.12. The van der Waals surface area contributed by atoms with Crippen LogP contribution in [-0.4, -0.2) is 80.7 Å². The number of aliphatic hydroxyl groups is 3. The summed E-state index contributed by atoms with van der Waals surface area (Å²) in [6.45, 7) is 9.15. The van der Waals surface area contributed by atoms with E-state index in [1.54, 1.807) is 14.1 Å². The number of nitrogens with one attached hydrogen (secondary N) is 2. The second kappa shape index (κ2) is 9.72. The number of hydrogen-bond donors (Lipinski definition) is 7. The average Bonchev–Trinajstić information content (AvgIpc) is 2.81. The topological polar surface area (TPSA) is 185 Å². The minimum atomic E-state index is -2.41. The van der Waals surface area contributed by atoms with Gasteiger partial charge in [-0.05, 0) is 59.2 Å². The summed E-state index contributed by atoms with van der Waals surface area (Å²) in [5, 5.41) is 50.2. The van der Waals surface area contributed by atoms with Crippen molar-refractivity contribution >= 4 is 29.0 Å². The molecule has 4 atom stereocenters. The van der Waals surface area contributed by atoms with Crippen molar-refractivity contribution in [3.8, 4) is 5.75 Å². The number of carbonyl (C=O) groups excluding carboxylic acids is 3. The van der Waals surface area contributed by atoms with Crippen LogP contribution in [0.25, 0.3) is 5.76 Å². The molecular formula is C28H35FN4O7. The molecule has 11 nitrogen and oxygen atoms in total. The average molecular weight is 559 g/mol. The number of aliphatic hydroxyl groups excluding tert-OH is 2. The second-order valence-corrected chi connectivity index (χ2v) is 11.9. The van der Waals surface area contributed by atoms with Crippen LogP contribution >= 0.6 is 0 Å². The van der Waals surface area contributed by atoms with Gasteiger partial charge in [0.05, 0.1) is 29.4 Å². The fourth-order valence-electron chi connectivity index (χ4n) is 6.12. The van der Waals surface area contributed by atoms with Gasteiger partial charge in [-0.15, -0.1) is 0 Å². The normalized spacial score (nSPS) is 26.4. The van der Waals surface area contributed by atoms with Gasteiger partial charge < -0.3 is 36.8 Å². The number of amides is 2. The van der Waals surface area contributed by atoms with Crippen molar-refractivity contribution in [3.63, 3.8) is 0 Å². The lowest BCUT2D eigenvalue weighted by molar-refractivity contribution is -0.143. The zero-order valence-corrected chi connectivity index (χ0v) is 23.1. The van der Waals surface area contributed by atoms with Crippen LogP contribution in [0.1, 0.15) is 38.3 Å². The van der Waals surface area contributed by atoms with E-state index in [-0.39, 0.29) is 47.3 Å². The number of nitrogens with two attached hydrogens (primary N) is 1. The molecule has 40 heavy (non-hydrogen) atoms.